The van der Waals surface area contributed by atoms with Crippen molar-refractivity contribution in [2.45, 2.75) is 12.5 Å². The highest BCUT2D eigenvalue weighted by Crippen LogP contribution is 1.99. The number of halogens is 2. The first-order valence-electron chi connectivity index (χ1n) is 2.76. The Morgan fingerprint density at radius 2 is 2.50 bits per heavy atom. The van der Waals surface area contributed by atoms with E-state index in [0.29, 0.717) is 6.42 Å². The zero-order valence-electron chi connectivity index (χ0n) is 5.56. The molecule has 0 aromatic heterocycles. The number of carbonyl (C=O) groups is 1. The Morgan fingerprint density at radius 1 is 1.90 bits per heavy atom. The van der Waals surface area contributed by atoms with Gasteiger partial charge in [-0.15, -0.1) is 0 Å². The van der Waals surface area contributed by atoms with Crippen LogP contribution in [0.15, 0.2) is 0 Å². The van der Waals surface area contributed by atoms with Crippen LogP contribution in [0.5, 0.6) is 0 Å². The summed E-state index contributed by atoms with van der Waals surface area (Å²) in [7, 11) is 1.34. The Balaban J connectivity index is 3.68. The lowest BCUT2D eigenvalue weighted by molar-refractivity contribution is -0.142. The Hall–Kier alpha value is 0.450. The van der Waals surface area contributed by atoms with Gasteiger partial charge in [-0.25, -0.2) is 4.84 Å². The summed E-state index contributed by atoms with van der Waals surface area (Å²) in [5.74, 6) is -0.313. The highest BCUT2D eigenvalue weighted by Gasteiger charge is 2.15. The molecule has 5 heteroatoms. The lowest BCUT2D eigenvalue weighted by atomic mass is 10.2. The van der Waals surface area contributed by atoms with Crippen molar-refractivity contribution in [3.05, 3.63) is 0 Å². The average Bonchev–Trinajstić information content (AvgIpc) is 1.99. The molecule has 0 aromatic rings. The van der Waals surface area contributed by atoms with Gasteiger partial charge < -0.3 is 4.74 Å². The number of esters is 1. The fraction of sp³-hybridized carbons (Fsp3) is 0.800. The Labute approximate surface area is 78.7 Å². The summed E-state index contributed by atoms with van der Waals surface area (Å²) in [4.78, 5) is 13.1. The van der Waals surface area contributed by atoms with Gasteiger partial charge in [-0.1, -0.05) is 22.6 Å². The molecule has 0 amide bonds. The summed E-state index contributed by atoms with van der Waals surface area (Å²) < 4.78 is 5.34. The van der Waals surface area contributed by atoms with E-state index in [4.69, 9.17) is 11.8 Å². The van der Waals surface area contributed by atoms with E-state index in [-0.39, 0.29) is 12.0 Å². The molecule has 0 bridgehead atoms. The number of nitrogens with one attached hydrogen (secondary N) is 1. The molecule has 0 radical (unpaired) electrons. The maximum Gasteiger partial charge on any atom is 0.324 e. The normalized spacial score (nSPS) is 12.7. The molecule has 0 saturated carbocycles. The zero-order valence-corrected chi connectivity index (χ0v) is 8.48. The molecule has 0 heterocycles. The predicted octanol–water partition coefficient (Wildman–Crippen LogP) is 1.10. The molecule has 0 fully saturated rings. The monoisotopic (exact) mass is 277 g/mol. The van der Waals surface area contributed by atoms with Gasteiger partial charge in [0.2, 0.25) is 0 Å². The minimum Gasteiger partial charge on any atom is -0.468 e. The van der Waals surface area contributed by atoms with Gasteiger partial charge in [0.05, 0.1) is 7.11 Å². The summed E-state index contributed by atoms with van der Waals surface area (Å²) in [6, 6.07) is -0.372. The standard InChI is InChI=1S/C5H9ClINO2/c1-10-5(9)4(8-6)2-3-7/h4,8H,2-3H2,1H3. The largest absolute Gasteiger partial charge is 0.468 e. The molecular formula is C5H9ClINO2. The molecule has 10 heavy (non-hydrogen) atoms. The molecular weight excluding hydrogens is 268 g/mol. The van der Waals surface area contributed by atoms with Crippen LogP contribution in [0.25, 0.3) is 0 Å². The lowest BCUT2D eigenvalue weighted by Crippen LogP contribution is -2.32. The molecule has 0 aliphatic heterocycles. The van der Waals surface area contributed by atoms with Gasteiger partial charge >= 0.3 is 5.97 Å². The fourth-order valence-electron chi connectivity index (χ4n) is 0.468. The molecule has 1 atom stereocenters. The number of rotatable bonds is 4. The number of hydrogen-bond acceptors (Lipinski definition) is 3. The van der Waals surface area contributed by atoms with Crippen molar-refractivity contribution in [3.63, 3.8) is 0 Å². The first-order chi connectivity index (χ1) is 4.76. The third kappa shape index (κ3) is 3.58. The summed E-state index contributed by atoms with van der Waals surface area (Å²) in [6.45, 7) is 0. The van der Waals surface area contributed by atoms with E-state index in [1.807, 2.05) is 0 Å². The van der Waals surface area contributed by atoms with Crippen molar-refractivity contribution in [3.8, 4) is 0 Å². The first kappa shape index (κ1) is 10.4. The molecule has 60 valence electrons. The quantitative estimate of drug-likeness (QED) is 0.362. The SMILES string of the molecule is COC(=O)C(CCI)NCl. The number of methoxy groups -OCH3 is 1. The lowest BCUT2D eigenvalue weighted by Gasteiger charge is -2.08. The minimum absolute atomic E-state index is 0.313. The number of ether oxygens (including phenoxy) is 1. The molecule has 0 aliphatic carbocycles. The van der Waals surface area contributed by atoms with Crippen LogP contribution in [0, 0.1) is 0 Å². The second kappa shape index (κ2) is 6.18. The van der Waals surface area contributed by atoms with E-state index in [2.05, 4.69) is 32.2 Å². The van der Waals surface area contributed by atoms with Gasteiger partial charge in [0.15, 0.2) is 0 Å². The van der Waals surface area contributed by atoms with Crippen molar-refractivity contribution in [1.82, 2.24) is 4.84 Å². The van der Waals surface area contributed by atoms with Gasteiger partial charge in [0, 0.05) is 4.43 Å². The van der Waals surface area contributed by atoms with Crippen LogP contribution in [0.2, 0.25) is 0 Å². The van der Waals surface area contributed by atoms with E-state index in [1.54, 1.807) is 0 Å². The van der Waals surface area contributed by atoms with Crippen molar-refractivity contribution in [1.29, 1.82) is 0 Å². The molecule has 0 aromatic carbocycles. The zero-order chi connectivity index (χ0) is 7.98. The van der Waals surface area contributed by atoms with Crippen molar-refractivity contribution in [2.75, 3.05) is 11.5 Å². The molecule has 0 saturated heterocycles. The molecule has 0 spiro atoms. The maximum atomic E-state index is 10.8. The fourth-order valence-corrected chi connectivity index (χ4v) is 1.29. The van der Waals surface area contributed by atoms with E-state index in [0.717, 1.165) is 4.43 Å². The summed E-state index contributed by atoms with van der Waals surface area (Å²) >= 11 is 7.44. The van der Waals surface area contributed by atoms with Crippen LogP contribution < -0.4 is 4.84 Å². The smallest absolute Gasteiger partial charge is 0.324 e. The predicted molar refractivity (Wildman–Crippen MR) is 48.3 cm³/mol. The van der Waals surface area contributed by atoms with Crippen LogP contribution >= 0.6 is 34.4 Å². The van der Waals surface area contributed by atoms with Crippen molar-refractivity contribution >= 4 is 40.3 Å². The van der Waals surface area contributed by atoms with Crippen LogP contribution in [-0.2, 0) is 9.53 Å². The van der Waals surface area contributed by atoms with Crippen LogP contribution in [0.4, 0.5) is 0 Å². The Bertz CT molecular complexity index is 112. The van der Waals surface area contributed by atoms with Crippen LogP contribution in [0.1, 0.15) is 6.42 Å². The van der Waals surface area contributed by atoms with Gasteiger partial charge in [-0.2, -0.15) is 0 Å². The number of alkyl halides is 1. The Kier molecular flexibility index (Phi) is 6.46. The third-order valence-electron chi connectivity index (χ3n) is 1.02. The van der Waals surface area contributed by atoms with Gasteiger partial charge in [-0.3, -0.25) is 4.79 Å². The highest BCUT2D eigenvalue weighted by atomic mass is 127. The van der Waals surface area contributed by atoms with E-state index in [9.17, 15) is 4.79 Å². The summed E-state index contributed by atoms with van der Waals surface area (Å²) in [5, 5.41) is 0. The van der Waals surface area contributed by atoms with E-state index >= 15 is 0 Å². The second-order valence-corrected chi connectivity index (χ2v) is 2.96. The van der Waals surface area contributed by atoms with Crippen LogP contribution in [-0.4, -0.2) is 23.5 Å². The molecule has 1 unspecified atom stereocenters. The summed E-state index contributed by atoms with van der Waals surface area (Å²) in [6.07, 6.45) is 0.691. The molecule has 1 N–H and O–H groups in total. The highest BCUT2D eigenvalue weighted by molar-refractivity contribution is 14.1. The van der Waals surface area contributed by atoms with Crippen LogP contribution in [0.3, 0.4) is 0 Å². The number of hydrogen-bond donors (Lipinski definition) is 1. The third-order valence-corrected chi connectivity index (χ3v) is 1.90. The average molecular weight is 277 g/mol. The number of carbonyl (C=O) groups excluding carboxylic acids is 1. The topological polar surface area (TPSA) is 38.3 Å². The summed E-state index contributed by atoms with van der Waals surface area (Å²) in [5.41, 5.74) is 0. The van der Waals surface area contributed by atoms with Gasteiger partial charge in [0.25, 0.3) is 0 Å². The minimum atomic E-state index is -0.372. The maximum absolute atomic E-state index is 10.8. The second-order valence-electron chi connectivity index (χ2n) is 1.66. The first-order valence-corrected chi connectivity index (χ1v) is 4.66. The van der Waals surface area contributed by atoms with Crippen molar-refractivity contribution in [2.24, 2.45) is 0 Å². The van der Waals surface area contributed by atoms with E-state index in [1.165, 1.54) is 7.11 Å². The van der Waals surface area contributed by atoms with Crippen molar-refractivity contribution < 1.29 is 9.53 Å². The van der Waals surface area contributed by atoms with Gasteiger partial charge in [0.1, 0.15) is 6.04 Å². The van der Waals surface area contributed by atoms with Gasteiger partial charge in [-0.05, 0) is 18.2 Å². The molecule has 3 nitrogen and oxygen atoms in total. The molecule has 0 aliphatic rings. The Morgan fingerprint density at radius 3 is 2.80 bits per heavy atom. The van der Waals surface area contributed by atoms with E-state index < -0.39 is 0 Å². The molecule has 0 rings (SSSR count).